The van der Waals surface area contributed by atoms with Crippen LogP contribution < -0.4 is 26.2 Å². The Morgan fingerprint density at radius 3 is 2.61 bits per heavy atom. The van der Waals surface area contributed by atoms with Crippen LogP contribution in [0.2, 0.25) is 0 Å². The molecule has 3 unspecified atom stereocenters. The first-order chi connectivity index (χ1) is 21.4. The van der Waals surface area contributed by atoms with E-state index in [4.69, 9.17) is 0 Å². The van der Waals surface area contributed by atoms with Crippen molar-refractivity contribution in [3.8, 4) is 0 Å². The lowest BCUT2D eigenvalue weighted by atomic mass is 9.99. The molecular weight excluding hydrogens is 591 g/mol. The number of rotatable bonds is 14. The molecule has 2 fully saturated rings. The van der Waals surface area contributed by atoms with E-state index in [1.165, 1.54) is 10.5 Å². The minimum absolute atomic E-state index is 0.00550. The summed E-state index contributed by atoms with van der Waals surface area (Å²) in [6.07, 6.45) is 9.79. The second-order valence-corrected chi connectivity index (χ2v) is 13.7. The number of thioether (sulfide) groups is 2. The Kier molecular flexibility index (Phi) is 11.1. The fraction of sp³-hybridized carbons (Fsp3) is 0.382. The highest BCUT2D eigenvalue weighted by atomic mass is 32.2. The lowest BCUT2D eigenvalue weighted by molar-refractivity contribution is -0.122. The van der Waals surface area contributed by atoms with Gasteiger partial charge in [0.2, 0.25) is 11.8 Å². The molecule has 3 heterocycles. The number of urea groups is 1. The molecule has 2 saturated heterocycles. The van der Waals surface area contributed by atoms with E-state index in [2.05, 4.69) is 76.1 Å². The van der Waals surface area contributed by atoms with Crippen LogP contribution in [0.25, 0.3) is 5.57 Å². The molecule has 0 radical (unpaired) electrons. The molecule has 44 heavy (non-hydrogen) atoms. The third kappa shape index (κ3) is 8.51. The van der Waals surface area contributed by atoms with Crippen molar-refractivity contribution in [2.24, 2.45) is 0 Å². The van der Waals surface area contributed by atoms with E-state index in [-0.39, 0.29) is 29.9 Å². The van der Waals surface area contributed by atoms with Gasteiger partial charge in [0.15, 0.2) is 0 Å². The van der Waals surface area contributed by atoms with Crippen molar-refractivity contribution in [2.45, 2.75) is 61.3 Å². The number of benzene rings is 2. The number of anilines is 1. The molecule has 5 rings (SSSR count). The predicted molar refractivity (Wildman–Crippen MR) is 182 cm³/mol. The smallest absolute Gasteiger partial charge is 0.315 e. The Bertz CT molecular complexity index is 1440. The highest BCUT2D eigenvalue weighted by Crippen LogP contribution is 2.37. The third-order valence-corrected chi connectivity index (χ3v) is 10.6. The maximum absolute atomic E-state index is 12.6. The van der Waals surface area contributed by atoms with Gasteiger partial charge in [0.05, 0.1) is 12.1 Å². The highest BCUT2D eigenvalue weighted by Gasteiger charge is 2.42. The number of amides is 4. The van der Waals surface area contributed by atoms with Crippen molar-refractivity contribution in [1.29, 1.82) is 0 Å². The molecule has 3 atom stereocenters. The fourth-order valence-corrected chi connectivity index (χ4v) is 8.11. The van der Waals surface area contributed by atoms with Gasteiger partial charge in [-0.15, -0.1) is 0 Å². The third-order valence-electron chi connectivity index (χ3n) is 8.04. The maximum Gasteiger partial charge on any atom is 0.315 e. The van der Waals surface area contributed by atoms with Crippen molar-refractivity contribution < 1.29 is 14.4 Å². The molecule has 4 N–H and O–H groups in total. The van der Waals surface area contributed by atoms with Crippen molar-refractivity contribution in [1.82, 2.24) is 21.3 Å². The van der Waals surface area contributed by atoms with Crippen molar-refractivity contribution >= 4 is 52.6 Å². The number of carbonyl (C=O) groups is 3. The Labute approximate surface area is 268 Å². The first-order valence-corrected chi connectivity index (χ1v) is 17.1. The van der Waals surface area contributed by atoms with Gasteiger partial charge >= 0.3 is 6.03 Å². The minimum Gasteiger partial charge on any atom is -0.354 e. The van der Waals surface area contributed by atoms with Crippen LogP contribution in [0.1, 0.15) is 43.2 Å². The molecule has 0 saturated carbocycles. The average Bonchev–Trinajstić information content (AvgIpc) is 3.57. The summed E-state index contributed by atoms with van der Waals surface area (Å²) in [5.41, 5.74) is 4.49. The molecule has 3 aliphatic heterocycles. The lowest BCUT2D eigenvalue weighted by Crippen LogP contribution is -2.37. The molecule has 232 valence electrons. The molecule has 2 aromatic rings. The van der Waals surface area contributed by atoms with Crippen LogP contribution >= 0.6 is 23.5 Å². The number of allylic oxidation sites excluding steroid dienone is 3. The van der Waals surface area contributed by atoms with Crippen molar-refractivity contribution in [3.05, 3.63) is 89.5 Å². The number of unbranched alkanes of at least 4 members (excludes halogenated alkanes) is 1. The van der Waals surface area contributed by atoms with E-state index < -0.39 is 0 Å². The van der Waals surface area contributed by atoms with Gasteiger partial charge in [0.1, 0.15) is 0 Å². The van der Waals surface area contributed by atoms with Gasteiger partial charge in [-0.2, -0.15) is 11.8 Å². The summed E-state index contributed by atoms with van der Waals surface area (Å²) in [6.45, 7) is 7.75. The number of para-hydroxylation sites is 1. The van der Waals surface area contributed by atoms with Gasteiger partial charge in [-0.05, 0) is 55.2 Å². The predicted octanol–water partition coefficient (Wildman–Crippen LogP) is 5.37. The molecule has 0 spiro atoms. The zero-order valence-electron chi connectivity index (χ0n) is 25.1. The summed E-state index contributed by atoms with van der Waals surface area (Å²) in [4.78, 5) is 40.6. The average molecular weight is 632 g/mol. The van der Waals surface area contributed by atoms with E-state index in [1.54, 1.807) is 11.8 Å². The van der Waals surface area contributed by atoms with Gasteiger partial charge in [-0.1, -0.05) is 61.2 Å². The molecule has 0 aromatic heterocycles. The van der Waals surface area contributed by atoms with Crippen LogP contribution in [0.4, 0.5) is 10.5 Å². The van der Waals surface area contributed by atoms with E-state index in [9.17, 15) is 14.4 Å². The second-order valence-electron chi connectivity index (χ2n) is 11.3. The van der Waals surface area contributed by atoms with Crippen molar-refractivity contribution in [2.75, 3.05) is 30.3 Å². The van der Waals surface area contributed by atoms with E-state index >= 15 is 0 Å². The number of fused-ring (bicyclic) bond motifs is 2. The number of aryl methyl sites for hydroxylation is 1. The standard InChI is InChI=1S/C34H41N5O3S2/c1-23-9-3-6-12-29(23)44-24(2)21-25-15-19-39(28-11-5-4-10-26(25)28)20-16-32(41)36-18-17-35-31(40)14-8-7-13-30-33-27(22-43-30)37-34(42)38-33/h3-6,9-12,15,19,21,27,30,33H,2,7-8,13-14,16-18,20,22H2,1H3,(H,35,40)(H,36,41)(H2,37,38,42)/b25-21+. The summed E-state index contributed by atoms with van der Waals surface area (Å²) in [7, 11) is 0. The molecule has 0 aliphatic carbocycles. The quantitative estimate of drug-likeness (QED) is 0.127. The normalized spacial score (nSPS) is 20.9. The minimum atomic E-state index is -0.0663. The molecule has 0 bridgehead atoms. The lowest BCUT2D eigenvalue weighted by Gasteiger charge is -2.27. The van der Waals surface area contributed by atoms with E-state index in [1.807, 2.05) is 42.2 Å². The van der Waals surface area contributed by atoms with E-state index in [0.717, 1.165) is 46.7 Å². The zero-order chi connectivity index (χ0) is 30.9. The Balaban J connectivity index is 0.985. The van der Waals surface area contributed by atoms with Crippen LogP contribution in [0.15, 0.2) is 83.3 Å². The summed E-state index contributed by atoms with van der Waals surface area (Å²) >= 11 is 3.56. The fourth-order valence-electron chi connectivity index (χ4n) is 5.72. The number of nitrogens with one attached hydrogen (secondary N) is 4. The molecular formula is C34H41N5O3S2. The monoisotopic (exact) mass is 631 g/mol. The van der Waals surface area contributed by atoms with Crippen LogP contribution in [-0.4, -0.2) is 60.6 Å². The first kappa shape index (κ1) is 31.8. The Hall–Kier alpha value is -3.63. The zero-order valence-corrected chi connectivity index (χ0v) is 26.8. The molecule has 10 heteroatoms. The number of hydrogen-bond donors (Lipinski definition) is 4. The van der Waals surface area contributed by atoms with Gasteiger partial charge in [-0.3, -0.25) is 9.59 Å². The Morgan fingerprint density at radius 2 is 1.80 bits per heavy atom. The molecule has 2 aromatic carbocycles. The van der Waals surface area contributed by atoms with Gasteiger partial charge in [0, 0.05) is 70.7 Å². The van der Waals surface area contributed by atoms with Crippen LogP contribution in [-0.2, 0) is 9.59 Å². The van der Waals surface area contributed by atoms with Gasteiger partial charge in [-0.25, -0.2) is 4.79 Å². The van der Waals surface area contributed by atoms with Crippen LogP contribution in [0.5, 0.6) is 0 Å². The topological polar surface area (TPSA) is 103 Å². The molecule has 4 amide bonds. The van der Waals surface area contributed by atoms with Crippen LogP contribution in [0.3, 0.4) is 0 Å². The number of carbonyl (C=O) groups excluding carboxylic acids is 3. The summed E-state index contributed by atoms with van der Waals surface area (Å²) < 4.78 is 0. The SMILES string of the molecule is C=C(/C=C1\C=CN(CCC(=O)NCCNC(=O)CCCCC2SCC3NC(=O)NC32)c2ccccc21)Sc1ccccc1C. The summed E-state index contributed by atoms with van der Waals surface area (Å²) in [5, 5.41) is 12.2. The first-order valence-electron chi connectivity index (χ1n) is 15.3. The summed E-state index contributed by atoms with van der Waals surface area (Å²) in [5.74, 6) is 0.910. The molecule has 8 nitrogen and oxygen atoms in total. The number of nitrogens with zero attached hydrogens (tertiary/aromatic N) is 1. The molecule has 3 aliphatic rings. The van der Waals surface area contributed by atoms with Gasteiger partial charge in [0.25, 0.3) is 0 Å². The largest absolute Gasteiger partial charge is 0.354 e. The Morgan fingerprint density at radius 1 is 1.05 bits per heavy atom. The number of hydrogen-bond acceptors (Lipinski definition) is 6. The van der Waals surface area contributed by atoms with Crippen LogP contribution in [0, 0.1) is 6.92 Å². The maximum atomic E-state index is 12.6. The summed E-state index contributed by atoms with van der Waals surface area (Å²) in [6, 6.07) is 16.9. The highest BCUT2D eigenvalue weighted by molar-refractivity contribution is 8.03. The second kappa shape index (κ2) is 15.4. The van der Waals surface area contributed by atoms with Crippen molar-refractivity contribution in [3.63, 3.8) is 0 Å². The van der Waals surface area contributed by atoms with Gasteiger partial charge < -0.3 is 26.2 Å². The van der Waals surface area contributed by atoms with E-state index in [0.29, 0.717) is 37.7 Å².